The molecule has 0 atom stereocenters. The molecule has 1 aromatic carbocycles. The molecule has 3 amide bonds. The van der Waals surface area contributed by atoms with Gasteiger partial charge in [0.2, 0.25) is 17.7 Å². The fraction of sp³-hybridized carbons (Fsp3) is 0.438. The van der Waals surface area contributed by atoms with Crippen molar-refractivity contribution in [1.29, 1.82) is 0 Å². The van der Waals surface area contributed by atoms with Crippen molar-refractivity contribution in [3.8, 4) is 0 Å². The number of rotatable bonds is 3. The Morgan fingerprint density at radius 1 is 1.00 bits per heavy atom. The van der Waals surface area contributed by atoms with Crippen molar-refractivity contribution in [2.24, 2.45) is 0 Å². The van der Waals surface area contributed by atoms with Crippen LogP contribution in [0.3, 0.4) is 0 Å². The fourth-order valence-corrected chi connectivity index (χ4v) is 2.43. The summed E-state index contributed by atoms with van der Waals surface area (Å²) in [6.45, 7) is 3.56. The zero-order valence-corrected chi connectivity index (χ0v) is 13.0. The van der Waals surface area contributed by atoms with E-state index in [9.17, 15) is 14.4 Å². The molecule has 0 radical (unpaired) electrons. The first kappa shape index (κ1) is 16.0. The smallest absolute Gasteiger partial charge is 0.236 e. The Kier molecular flexibility index (Phi) is 5.14. The number of para-hydroxylation sites is 1. The molecule has 0 aliphatic carbocycles. The van der Waals surface area contributed by atoms with Gasteiger partial charge in [-0.05, 0) is 12.1 Å². The summed E-state index contributed by atoms with van der Waals surface area (Å²) < 4.78 is 0. The maximum atomic E-state index is 12.2. The Labute approximate surface area is 130 Å². The molecule has 1 heterocycles. The van der Waals surface area contributed by atoms with Gasteiger partial charge in [-0.1, -0.05) is 18.2 Å². The molecule has 1 saturated heterocycles. The highest BCUT2D eigenvalue weighted by molar-refractivity contribution is 6.04. The van der Waals surface area contributed by atoms with E-state index in [-0.39, 0.29) is 24.1 Å². The Bertz CT molecular complexity index is 551. The lowest BCUT2D eigenvalue weighted by Gasteiger charge is -2.34. The highest BCUT2D eigenvalue weighted by atomic mass is 16.2. The van der Waals surface area contributed by atoms with Crippen LogP contribution < -0.4 is 4.90 Å². The summed E-state index contributed by atoms with van der Waals surface area (Å²) in [4.78, 5) is 40.5. The second-order valence-corrected chi connectivity index (χ2v) is 5.35. The van der Waals surface area contributed by atoms with Crippen LogP contribution in [0.25, 0.3) is 0 Å². The predicted octanol–water partition coefficient (Wildman–Crippen LogP) is 0.730. The second-order valence-electron chi connectivity index (χ2n) is 5.35. The van der Waals surface area contributed by atoms with Crippen LogP contribution in [0, 0.1) is 0 Å². The molecule has 2 rings (SSSR count). The molecule has 0 aromatic heterocycles. The molecule has 0 N–H and O–H groups in total. The topological polar surface area (TPSA) is 60.9 Å². The van der Waals surface area contributed by atoms with E-state index in [1.54, 1.807) is 16.8 Å². The van der Waals surface area contributed by atoms with Gasteiger partial charge in [-0.25, -0.2) is 0 Å². The molecule has 118 valence electrons. The van der Waals surface area contributed by atoms with Crippen LogP contribution in [0.4, 0.5) is 5.69 Å². The molecule has 1 fully saturated rings. The number of hydrogen-bond acceptors (Lipinski definition) is 3. The SMILES string of the molecule is CC(=O)N1CCN(C(=O)CC(=O)N(C)c2ccccc2)CC1. The number of hydrogen-bond donors (Lipinski definition) is 0. The Hall–Kier alpha value is -2.37. The molecule has 6 heteroatoms. The zero-order chi connectivity index (χ0) is 16.1. The van der Waals surface area contributed by atoms with E-state index in [0.29, 0.717) is 26.2 Å². The average molecular weight is 303 g/mol. The van der Waals surface area contributed by atoms with Crippen molar-refractivity contribution >= 4 is 23.4 Å². The van der Waals surface area contributed by atoms with Crippen molar-refractivity contribution in [2.45, 2.75) is 13.3 Å². The second kappa shape index (κ2) is 7.06. The molecule has 0 unspecified atom stereocenters. The summed E-state index contributed by atoms with van der Waals surface area (Å²) in [5.41, 5.74) is 0.765. The van der Waals surface area contributed by atoms with E-state index >= 15 is 0 Å². The van der Waals surface area contributed by atoms with E-state index in [4.69, 9.17) is 0 Å². The maximum Gasteiger partial charge on any atom is 0.236 e. The molecule has 1 aliphatic heterocycles. The zero-order valence-electron chi connectivity index (χ0n) is 13.0. The van der Waals surface area contributed by atoms with Gasteiger partial charge in [-0.15, -0.1) is 0 Å². The fourth-order valence-electron chi connectivity index (χ4n) is 2.43. The molecule has 0 spiro atoms. The minimum Gasteiger partial charge on any atom is -0.339 e. The third kappa shape index (κ3) is 3.84. The third-order valence-corrected chi connectivity index (χ3v) is 3.90. The molecule has 0 bridgehead atoms. The highest BCUT2D eigenvalue weighted by Gasteiger charge is 2.25. The minimum atomic E-state index is -0.231. The first-order valence-electron chi connectivity index (χ1n) is 7.34. The Balaban J connectivity index is 1.87. The Morgan fingerprint density at radius 2 is 1.55 bits per heavy atom. The number of nitrogens with zero attached hydrogens (tertiary/aromatic N) is 3. The van der Waals surface area contributed by atoms with E-state index < -0.39 is 0 Å². The monoisotopic (exact) mass is 303 g/mol. The van der Waals surface area contributed by atoms with Crippen molar-refractivity contribution in [1.82, 2.24) is 9.80 Å². The lowest BCUT2D eigenvalue weighted by molar-refractivity contribution is -0.140. The normalized spacial score (nSPS) is 14.6. The first-order chi connectivity index (χ1) is 10.5. The van der Waals surface area contributed by atoms with Crippen LogP contribution in [0.1, 0.15) is 13.3 Å². The summed E-state index contributed by atoms with van der Waals surface area (Å²) in [6, 6.07) is 9.23. The van der Waals surface area contributed by atoms with Gasteiger partial charge in [-0.3, -0.25) is 14.4 Å². The van der Waals surface area contributed by atoms with Gasteiger partial charge < -0.3 is 14.7 Å². The van der Waals surface area contributed by atoms with Gasteiger partial charge in [0.1, 0.15) is 6.42 Å². The third-order valence-electron chi connectivity index (χ3n) is 3.90. The van der Waals surface area contributed by atoms with E-state index in [1.807, 2.05) is 30.3 Å². The number of carbonyl (C=O) groups is 3. The van der Waals surface area contributed by atoms with Crippen LogP contribution in [0.5, 0.6) is 0 Å². The minimum absolute atomic E-state index is 0.0204. The molecule has 6 nitrogen and oxygen atoms in total. The molecule has 0 saturated carbocycles. The maximum absolute atomic E-state index is 12.2. The van der Waals surface area contributed by atoms with Crippen LogP contribution in [-0.4, -0.2) is 60.7 Å². The first-order valence-corrected chi connectivity index (χ1v) is 7.34. The van der Waals surface area contributed by atoms with E-state index in [1.165, 1.54) is 11.8 Å². The summed E-state index contributed by atoms with van der Waals surface area (Å²) in [7, 11) is 1.67. The van der Waals surface area contributed by atoms with E-state index in [0.717, 1.165) is 5.69 Å². The highest BCUT2D eigenvalue weighted by Crippen LogP contribution is 2.13. The van der Waals surface area contributed by atoms with Gasteiger partial charge in [-0.2, -0.15) is 0 Å². The van der Waals surface area contributed by atoms with E-state index in [2.05, 4.69) is 0 Å². The quantitative estimate of drug-likeness (QED) is 0.774. The van der Waals surface area contributed by atoms with Gasteiger partial charge >= 0.3 is 0 Å². The largest absolute Gasteiger partial charge is 0.339 e. The number of carbonyl (C=O) groups excluding carboxylic acids is 3. The average Bonchev–Trinajstić information content (AvgIpc) is 2.54. The van der Waals surface area contributed by atoms with Crippen molar-refractivity contribution in [2.75, 3.05) is 38.1 Å². The standard InChI is InChI=1S/C16H21N3O3/c1-13(20)18-8-10-19(11-9-18)16(22)12-15(21)17(2)14-6-4-3-5-7-14/h3-7H,8-12H2,1-2H3. The number of anilines is 1. The van der Waals surface area contributed by atoms with Crippen LogP contribution >= 0.6 is 0 Å². The molecule has 22 heavy (non-hydrogen) atoms. The summed E-state index contributed by atoms with van der Waals surface area (Å²) >= 11 is 0. The van der Waals surface area contributed by atoms with Crippen LogP contribution in [-0.2, 0) is 14.4 Å². The molecular formula is C16H21N3O3. The van der Waals surface area contributed by atoms with Crippen LogP contribution in [0.15, 0.2) is 30.3 Å². The van der Waals surface area contributed by atoms with Crippen LogP contribution in [0.2, 0.25) is 0 Å². The number of amides is 3. The molecular weight excluding hydrogens is 282 g/mol. The molecule has 1 aromatic rings. The summed E-state index contributed by atoms with van der Waals surface area (Å²) in [5.74, 6) is -0.395. The lowest BCUT2D eigenvalue weighted by atomic mass is 10.2. The van der Waals surface area contributed by atoms with Crippen molar-refractivity contribution in [3.63, 3.8) is 0 Å². The van der Waals surface area contributed by atoms with Gasteiger partial charge in [0.15, 0.2) is 0 Å². The van der Waals surface area contributed by atoms with Crippen molar-refractivity contribution in [3.05, 3.63) is 30.3 Å². The van der Waals surface area contributed by atoms with Gasteiger partial charge in [0.25, 0.3) is 0 Å². The summed E-state index contributed by atoms with van der Waals surface area (Å²) in [6.07, 6.45) is -0.147. The van der Waals surface area contributed by atoms with Crippen molar-refractivity contribution < 1.29 is 14.4 Å². The Morgan fingerprint density at radius 3 is 2.09 bits per heavy atom. The van der Waals surface area contributed by atoms with Gasteiger partial charge in [0.05, 0.1) is 0 Å². The predicted molar refractivity (Wildman–Crippen MR) is 83.3 cm³/mol. The summed E-state index contributed by atoms with van der Waals surface area (Å²) in [5, 5.41) is 0. The van der Waals surface area contributed by atoms with Gasteiger partial charge in [0, 0.05) is 45.8 Å². The molecule has 1 aliphatic rings. The number of piperazine rings is 1. The lowest BCUT2D eigenvalue weighted by Crippen LogP contribution is -2.50. The number of benzene rings is 1.